The van der Waals surface area contributed by atoms with Crippen molar-refractivity contribution in [1.29, 1.82) is 0 Å². The molecular weight excluding hydrogens is 392 g/mol. The predicted octanol–water partition coefficient (Wildman–Crippen LogP) is -0.0750. The normalized spacial score (nSPS) is 27.0. The molecular formula is C19H21ClO8. The van der Waals surface area contributed by atoms with Crippen LogP contribution in [0.3, 0.4) is 0 Å². The van der Waals surface area contributed by atoms with Gasteiger partial charge in [-0.15, -0.1) is 0 Å². The minimum absolute atomic E-state index is 0. The topological polar surface area (TPSA) is 148 Å². The minimum Gasteiger partial charge on any atom is -0.462 e. The lowest BCUT2D eigenvalue weighted by Gasteiger charge is -2.39. The molecule has 0 unspecified atom stereocenters. The second-order valence-electron chi connectivity index (χ2n) is 6.18. The number of hydrogen-bond donors (Lipinski definition) is 4. The number of rotatable bonds is 5. The third-order valence-corrected chi connectivity index (χ3v) is 4.58. The van der Waals surface area contributed by atoms with Crippen molar-refractivity contribution in [2.24, 2.45) is 0 Å². The van der Waals surface area contributed by atoms with Crippen LogP contribution in [-0.2, 0) is 4.74 Å². The van der Waals surface area contributed by atoms with E-state index >= 15 is 0 Å². The van der Waals surface area contributed by atoms with Gasteiger partial charge < -0.3 is 35.4 Å². The molecule has 0 spiro atoms. The van der Waals surface area contributed by atoms with E-state index in [0.717, 1.165) is 0 Å². The van der Waals surface area contributed by atoms with Crippen molar-refractivity contribution in [3.05, 3.63) is 64.7 Å². The molecule has 0 saturated carbocycles. The number of halogens is 1. The first kappa shape index (κ1) is 22.3. The van der Waals surface area contributed by atoms with E-state index in [9.17, 15) is 25.2 Å². The average molecular weight is 413 g/mol. The van der Waals surface area contributed by atoms with E-state index in [1.807, 2.05) is 0 Å². The first-order valence-electron chi connectivity index (χ1n) is 8.28. The standard InChI is InChI=1S/C19H19ClO7.H2O/c20-12-5-1-10(2-6-12)15(22)11-3-7-13(8-4-11)26-19-18(25)17(24)16(23)14(9-21)27-19;/h1-8,14,16-19,21,23-25H,9H2;1H2/t14-,16+,17+,18-,19-;/m1./s1. The van der Waals surface area contributed by atoms with Gasteiger partial charge in [0.15, 0.2) is 5.78 Å². The third-order valence-electron chi connectivity index (χ3n) is 4.32. The highest BCUT2D eigenvalue weighted by atomic mass is 35.5. The number of aliphatic hydroxyl groups excluding tert-OH is 4. The third kappa shape index (κ3) is 4.68. The summed E-state index contributed by atoms with van der Waals surface area (Å²) in [6, 6.07) is 12.7. The van der Waals surface area contributed by atoms with Gasteiger partial charge in [0.25, 0.3) is 0 Å². The van der Waals surface area contributed by atoms with E-state index in [-0.39, 0.29) is 17.0 Å². The molecule has 1 aliphatic rings. The zero-order valence-corrected chi connectivity index (χ0v) is 15.4. The van der Waals surface area contributed by atoms with E-state index in [4.69, 9.17) is 21.1 Å². The van der Waals surface area contributed by atoms with Crippen LogP contribution in [0.25, 0.3) is 0 Å². The monoisotopic (exact) mass is 412 g/mol. The fourth-order valence-electron chi connectivity index (χ4n) is 2.75. The molecule has 5 atom stereocenters. The molecule has 0 radical (unpaired) electrons. The van der Waals surface area contributed by atoms with E-state index in [2.05, 4.69) is 0 Å². The molecule has 152 valence electrons. The quantitative estimate of drug-likeness (QED) is 0.502. The van der Waals surface area contributed by atoms with Crippen LogP contribution in [0.4, 0.5) is 0 Å². The van der Waals surface area contributed by atoms with Gasteiger partial charge in [-0.1, -0.05) is 11.6 Å². The Hall–Kier alpha value is -2.04. The largest absolute Gasteiger partial charge is 0.462 e. The van der Waals surface area contributed by atoms with Crippen LogP contribution >= 0.6 is 11.6 Å². The molecule has 1 saturated heterocycles. The molecule has 8 nitrogen and oxygen atoms in total. The number of hydrogen-bond acceptors (Lipinski definition) is 7. The van der Waals surface area contributed by atoms with Gasteiger partial charge in [-0.2, -0.15) is 0 Å². The fraction of sp³-hybridized carbons (Fsp3) is 0.316. The van der Waals surface area contributed by atoms with Crippen LogP contribution < -0.4 is 4.74 Å². The molecule has 0 aliphatic carbocycles. The maximum Gasteiger partial charge on any atom is 0.229 e. The Morgan fingerprint density at radius 3 is 2.00 bits per heavy atom. The molecule has 0 aromatic heterocycles. The first-order valence-corrected chi connectivity index (χ1v) is 8.66. The molecule has 1 aliphatic heterocycles. The Kier molecular flexibility index (Phi) is 7.50. The van der Waals surface area contributed by atoms with Gasteiger partial charge in [-0.25, -0.2) is 0 Å². The Balaban J connectivity index is 0.00000280. The SMILES string of the molecule is O.O=C(c1ccc(Cl)cc1)c1ccc(O[C@@H]2O[C@H](CO)[C@H](O)[C@H](O)[C@H]2O)cc1. The lowest BCUT2D eigenvalue weighted by molar-refractivity contribution is -0.277. The van der Waals surface area contributed by atoms with Crippen molar-refractivity contribution >= 4 is 17.4 Å². The minimum atomic E-state index is -1.52. The van der Waals surface area contributed by atoms with Gasteiger partial charge in [0.2, 0.25) is 6.29 Å². The van der Waals surface area contributed by atoms with Crippen LogP contribution in [-0.4, -0.2) is 69.0 Å². The molecule has 0 bridgehead atoms. The number of carbonyl (C=O) groups is 1. The lowest BCUT2D eigenvalue weighted by Crippen LogP contribution is -2.60. The molecule has 2 aromatic carbocycles. The summed E-state index contributed by atoms with van der Waals surface area (Å²) in [5, 5.41) is 39.3. The van der Waals surface area contributed by atoms with Gasteiger partial charge in [0.1, 0.15) is 30.2 Å². The van der Waals surface area contributed by atoms with Gasteiger partial charge >= 0.3 is 0 Å². The van der Waals surface area contributed by atoms with Crippen molar-refractivity contribution in [2.45, 2.75) is 30.7 Å². The summed E-state index contributed by atoms with van der Waals surface area (Å²) in [7, 11) is 0. The van der Waals surface area contributed by atoms with Crippen molar-refractivity contribution < 1.29 is 40.2 Å². The zero-order valence-electron chi connectivity index (χ0n) is 14.6. The van der Waals surface area contributed by atoms with Crippen LogP contribution in [0, 0.1) is 0 Å². The maximum atomic E-state index is 12.4. The molecule has 1 fully saturated rings. The summed E-state index contributed by atoms with van der Waals surface area (Å²) in [5.41, 5.74) is 0.917. The summed E-state index contributed by atoms with van der Waals surface area (Å²) in [4.78, 5) is 12.4. The summed E-state index contributed by atoms with van der Waals surface area (Å²) in [6.07, 6.45) is -6.81. The van der Waals surface area contributed by atoms with E-state index in [1.54, 1.807) is 36.4 Å². The second kappa shape index (κ2) is 9.44. The Morgan fingerprint density at radius 1 is 0.929 bits per heavy atom. The van der Waals surface area contributed by atoms with Gasteiger partial charge in [-0.3, -0.25) is 4.79 Å². The van der Waals surface area contributed by atoms with Crippen molar-refractivity contribution in [3.63, 3.8) is 0 Å². The number of ketones is 1. The van der Waals surface area contributed by atoms with Crippen molar-refractivity contribution in [1.82, 2.24) is 0 Å². The van der Waals surface area contributed by atoms with Gasteiger partial charge in [0.05, 0.1) is 6.61 Å². The number of aliphatic hydroxyl groups is 4. The fourth-order valence-corrected chi connectivity index (χ4v) is 2.88. The number of carbonyl (C=O) groups excluding carboxylic acids is 1. The highest BCUT2D eigenvalue weighted by Crippen LogP contribution is 2.25. The van der Waals surface area contributed by atoms with Crippen LogP contribution in [0.1, 0.15) is 15.9 Å². The Labute approximate surface area is 165 Å². The molecule has 2 aromatic rings. The summed E-state index contributed by atoms with van der Waals surface area (Å²) in [5.74, 6) is 0.0954. The molecule has 9 heteroatoms. The number of ether oxygens (including phenoxy) is 2. The second-order valence-corrected chi connectivity index (χ2v) is 6.61. The van der Waals surface area contributed by atoms with Crippen molar-refractivity contribution in [3.8, 4) is 5.75 Å². The Morgan fingerprint density at radius 2 is 1.46 bits per heavy atom. The summed E-state index contributed by atoms with van der Waals surface area (Å²) < 4.78 is 10.8. The highest BCUT2D eigenvalue weighted by molar-refractivity contribution is 6.30. The first-order chi connectivity index (χ1) is 12.9. The molecule has 3 rings (SSSR count). The van der Waals surface area contributed by atoms with Gasteiger partial charge in [0, 0.05) is 16.1 Å². The molecule has 1 heterocycles. The predicted molar refractivity (Wildman–Crippen MR) is 99.3 cm³/mol. The number of benzene rings is 2. The lowest BCUT2D eigenvalue weighted by atomic mass is 9.99. The molecule has 0 amide bonds. The summed E-state index contributed by atoms with van der Waals surface area (Å²) in [6.45, 7) is -0.542. The van der Waals surface area contributed by atoms with E-state index in [1.165, 1.54) is 12.1 Å². The van der Waals surface area contributed by atoms with Crippen molar-refractivity contribution in [2.75, 3.05) is 6.61 Å². The van der Waals surface area contributed by atoms with Crippen LogP contribution in [0.15, 0.2) is 48.5 Å². The Bertz CT molecular complexity index is 778. The van der Waals surface area contributed by atoms with Crippen LogP contribution in [0.2, 0.25) is 5.02 Å². The zero-order chi connectivity index (χ0) is 19.6. The van der Waals surface area contributed by atoms with E-state index < -0.39 is 37.3 Å². The van der Waals surface area contributed by atoms with E-state index in [0.29, 0.717) is 16.1 Å². The average Bonchev–Trinajstić information content (AvgIpc) is 2.69. The smallest absolute Gasteiger partial charge is 0.229 e. The van der Waals surface area contributed by atoms with Crippen LogP contribution in [0.5, 0.6) is 5.75 Å². The molecule has 6 N–H and O–H groups in total. The summed E-state index contributed by atoms with van der Waals surface area (Å²) >= 11 is 5.82. The highest BCUT2D eigenvalue weighted by Gasteiger charge is 2.44. The molecule has 28 heavy (non-hydrogen) atoms. The maximum absolute atomic E-state index is 12.4. The van der Waals surface area contributed by atoms with Gasteiger partial charge in [-0.05, 0) is 48.5 Å².